The molecule has 0 bridgehead atoms. The molecule has 0 radical (unpaired) electrons. The molecule has 0 atom stereocenters. The highest BCUT2D eigenvalue weighted by Crippen LogP contribution is 2.26. The van der Waals surface area contributed by atoms with Crippen LogP contribution in [0.3, 0.4) is 0 Å². The number of thiophene rings is 1. The lowest BCUT2D eigenvalue weighted by atomic mass is 10.2. The summed E-state index contributed by atoms with van der Waals surface area (Å²) in [6.07, 6.45) is 0. The Kier molecular flexibility index (Phi) is 5.88. The molecule has 3 heterocycles. The Morgan fingerprint density at radius 3 is 2.68 bits per heavy atom. The normalized spacial score (nSPS) is 16.5. The number of oxazole rings is 1. The summed E-state index contributed by atoms with van der Waals surface area (Å²) in [7, 11) is 0. The maximum atomic E-state index is 11.9. The number of nitrogens with one attached hydrogen (secondary N) is 1. The van der Waals surface area contributed by atoms with E-state index in [1.807, 2.05) is 38.3 Å². The molecule has 1 amide bonds. The molecule has 6 nitrogen and oxygen atoms in total. The molecule has 25 heavy (non-hydrogen) atoms. The van der Waals surface area contributed by atoms with Crippen LogP contribution in [0.15, 0.2) is 21.9 Å². The number of rotatable bonds is 6. The Bertz CT molecular complexity index is 688. The molecule has 7 heteroatoms. The van der Waals surface area contributed by atoms with Crippen molar-refractivity contribution in [3.63, 3.8) is 0 Å². The zero-order chi connectivity index (χ0) is 17.8. The summed E-state index contributed by atoms with van der Waals surface area (Å²) < 4.78 is 5.82. The molecule has 1 aliphatic heterocycles. The number of amides is 1. The molecule has 1 fully saturated rings. The highest BCUT2D eigenvalue weighted by atomic mass is 32.1. The number of carbonyl (C=O) groups is 1. The number of carbonyl (C=O) groups excluding carboxylic acids is 1. The van der Waals surface area contributed by atoms with E-state index in [1.165, 1.54) is 0 Å². The summed E-state index contributed by atoms with van der Waals surface area (Å²) in [5.41, 5.74) is 1.01. The number of hydrogen-bond acceptors (Lipinski definition) is 6. The minimum atomic E-state index is 0.108. The summed E-state index contributed by atoms with van der Waals surface area (Å²) in [6, 6.07) is 4.23. The molecule has 0 aromatic carbocycles. The quantitative estimate of drug-likeness (QED) is 0.855. The van der Waals surface area contributed by atoms with E-state index in [1.54, 1.807) is 11.3 Å². The molecule has 2 aromatic rings. The van der Waals surface area contributed by atoms with Crippen molar-refractivity contribution in [2.75, 3.05) is 32.7 Å². The van der Waals surface area contributed by atoms with Gasteiger partial charge in [-0.05, 0) is 32.2 Å². The lowest BCUT2D eigenvalue weighted by Crippen LogP contribution is -2.49. The molecule has 136 valence electrons. The minimum Gasteiger partial charge on any atom is -0.440 e. The highest BCUT2D eigenvalue weighted by Gasteiger charge is 2.21. The summed E-state index contributed by atoms with van der Waals surface area (Å²) in [4.78, 5) is 22.2. The topological polar surface area (TPSA) is 61.6 Å². The van der Waals surface area contributed by atoms with Gasteiger partial charge in [0.05, 0.1) is 17.1 Å². The van der Waals surface area contributed by atoms with Crippen molar-refractivity contribution < 1.29 is 9.21 Å². The van der Waals surface area contributed by atoms with Crippen molar-refractivity contribution in [2.45, 2.75) is 33.4 Å². The Morgan fingerprint density at radius 1 is 1.32 bits per heavy atom. The zero-order valence-electron chi connectivity index (χ0n) is 15.1. The van der Waals surface area contributed by atoms with Gasteiger partial charge < -0.3 is 9.73 Å². The van der Waals surface area contributed by atoms with Gasteiger partial charge in [-0.25, -0.2) is 4.98 Å². The van der Waals surface area contributed by atoms with Crippen LogP contribution in [-0.2, 0) is 11.3 Å². The van der Waals surface area contributed by atoms with Crippen molar-refractivity contribution in [3.05, 3.63) is 29.0 Å². The predicted octanol–water partition coefficient (Wildman–Crippen LogP) is 2.35. The summed E-state index contributed by atoms with van der Waals surface area (Å²) >= 11 is 1.64. The highest BCUT2D eigenvalue weighted by molar-refractivity contribution is 7.13. The van der Waals surface area contributed by atoms with E-state index in [2.05, 4.69) is 20.1 Å². The number of aryl methyl sites for hydroxylation is 1. The van der Waals surface area contributed by atoms with Gasteiger partial charge in [0.2, 0.25) is 11.8 Å². The Labute approximate surface area is 152 Å². The second kappa shape index (κ2) is 8.12. The van der Waals surface area contributed by atoms with Gasteiger partial charge >= 0.3 is 0 Å². The Balaban J connectivity index is 1.50. The van der Waals surface area contributed by atoms with Crippen LogP contribution in [0.25, 0.3) is 10.8 Å². The molecule has 0 unspecified atom stereocenters. The fraction of sp³-hybridized carbons (Fsp3) is 0.556. The molecular weight excluding hydrogens is 336 g/mol. The first-order chi connectivity index (χ1) is 12.0. The van der Waals surface area contributed by atoms with E-state index in [-0.39, 0.29) is 11.9 Å². The molecule has 1 saturated heterocycles. The van der Waals surface area contributed by atoms with Crippen LogP contribution in [-0.4, -0.2) is 59.5 Å². The first-order valence-corrected chi connectivity index (χ1v) is 9.63. The van der Waals surface area contributed by atoms with E-state index in [0.29, 0.717) is 12.4 Å². The maximum Gasteiger partial charge on any atom is 0.236 e. The Morgan fingerprint density at radius 2 is 2.04 bits per heavy atom. The van der Waals surface area contributed by atoms with E-state index in [4.69, 9.17) is 4.42 Å². The lowest BCUT2D eigenvalue weighted by molar-refractivity contribution is -0.123. The fourth-order valence-electron chi connectivity index (χ4n) is 2.97. The van der Waals surface area contributed by atoms with Crippen LogP contribution in [0.1, 0.15) is 25.3 Å². The van der Waals surface area contributed by atoms with Gasteiger partial charge in [-0.2, -0.15) is 0 Å². The van der Waals surface area contributed by atoms with E-state index in [0.717, 1.165) is 49.1 Å². The second-order valence-electron chi connectivity index (χ2n) is 6.77. The molecule has 3 rings (SSSR count). The van der Waals surface area contributed by atoms with E-state index in [9.17, 15) is 4.79 Å². The number of piperazine rings is 1. The lowest BCUT2D eigenvalue weighted by Gasteiger charge is -2.34. The Hall–Kier alpha value is -1.70. The first-order valence-electron chi connectivity index (χ1n) is 8.75. The molecular formula is C18H26N4O2S. The van der Waals surface area contributed by atoms with Gasteiger partial charge in [-0.15, -0.1) is 11.3 Å². The average molecular weight is 362 g/mol. The van der Waals surface area contributed by atoms with Crippen molar-refractivity contribution in [1.82, 2.24) is 20.1 Å². The number of hydrogen-bond donors (Lipinski definition) is 1. The fourth-order valence-corrected chi connectivity index (χ4v) is 3.62. The van der Waals surface area contributed by atoms with Gasteiger partial charge in [0.15, 0.2) is 0 Å². The van der Waals surface area contributed by atoms with Crippen LogP contribution in [0, 0.1) is 6.92 Å². The second-order valence-corrected chi connectivity index (χ2v) is 7.72. The summed E-state index contributed by atoms with van der Waals surface area (Å²) in [5, 5.41) is 4.98. The van der Waals surface area contributed by atoms with Gasteiger partial charge in [0.1, 0.15) is 5.76 Å². The molecule has 1 N–H and O–H groups in total. The third kappa shape index (κ3) is 4.90. The maximum absolute atomic E-state index is 11.9. The van der Waals surface area contributed by atoms with E-state index < -0.39 is 0 Å². The van der Waals surface area contributed by atoms with Crippen molar-refractivity contribution in [2.24, 2.45) is 0 Å². The van der Waals surface area contributed by atoms with Gasteiger partial charge in [0.25, 0.3) is 0 Å². The largest absolute Gasteiger partial charge is 0.440 e. The van der Waals surface area contributed by atoms with Crippen LogP contribution in [0.4, 0.5) is 0 Å². The molecule has 0 saturated carbocycles. The minimum absolute atomic E-state index is 0.108. The zero-order valence-corrected chi connectivity index (χ0v) is 15.9. The third-order valence-corrected chi connectivity index (χ3v) is 5.14. The van der Waals surface area contributed by atoms with E-state index >= 15 is 0 Å². The van der Waals surface area contributed by atoms with Gasteiger partial charge in [-0.3, -0.25) is 14.6 Å². The predicted molar refractivity (Wildman–Crippen MR) is 99.5 cm³/mol. The van der Waals surface area contributed by atoms with Crippen molar-refractivity contribution in [3.8, 4) is 10.8 Å². The van der Waals surface area contributed by atoms with Crippen LogP contribution in [0.5, 0.6) is 0 Å². The van der Waals surface area contributed by atoms with Crippen molar-refractivity contribution in [1.29, 1.82) is 0 Å². The summed E-state index contributed by atoms with van der Waals surface area (Å²) in [6.45, 7) is 10.9. The van der Waals surface area contributed by atoms with Crippen LogP contribution in [0.2, 0.25) is 0 Å². The van der Waals surface area contributed by atoms with Gasteiger partial charge in [-0.1, -0.05) is 6.07 Å². The molecule has 1 aliphatic rings. The number of nitrogens with zero attached hydrogens (tertiary/aromatic N) is 3. The average Bonchev–Trinajstić information content (AvgIpc) is 3.19. The smallest absolute Gasteiger partial charge is 0.236 e. The molecule has 2 aromatic heterocycles. The molecule has 0 spiro atoms. The van der Waals surface area contributed by atoms with Crippen LogP contribution < -0.4 is 5.32 Å². The number of aromatic nitrogens is 1. The molecule has 0 aliphatic carbocycles. The first kappa shape index (κ1) is 18.1. The third-order valence-electron chi connectivity index (χ3n) is 4.28. The monoisotopic (exact) mass is 362 g/mol. The van der Waals surface area contributed by atoms with Crippen molar-refractivity contribution >= 4 is 17.2 Å². The standard InChI is InChI=1S/C18H26N4O2S/c1-13(2)19-17(23)12-22-8-6-21(7-9-22)11-15-14(3)24-18(20-15)16-5-4-10-25-16/h4-5,10,13H,6-9,11-12H2,1-3H3,(H,19,23). The SMILES string of the molecule is Cc1oc(-c2cccs2)nc1CN1CCN(CC(=O)NC(C)C)CC1. The van der Waals surface area contributed by atoms with Gasteiger partial charge in [0, 0.05) is 38.8 Å². The summed E-state index contributed by atoms with van der Waals surface area (Å²) in [5.74, 6) is 1.71. The van der Waals surface area contributed by atoms with Crippen LogP contribution >= 0.6 is 11.3 Å².